The maximum atomic E-state index is 9.62. The van der Waals surface area contributed by atoms with E-state index in [1.165, 1.54) is 0 Å². The van der Waals surface area contributed by atoms with Crippen LogP contribution < -0.4 is 0 Å². The third-order valence-electron chi connectivity index (χ3n) is 0.243. The Kier molecular flexibility index (Phi) is 5.26. The van der Waals surface area contributed by atoms with Crippen molar-refractivity contribution in [1.29, 1.82) is 0 Å². The van der Waals surface area contributed by atoms with Crippen molar-refractivity contribution in [1.82, 2.24) is 0 Å². The van der Waals surface area contributed by atoms with Gasteiger partial charge in [0, 0.05) is 0 Å². The molecule has 0 saturated carbocycles. The molecule has 0 heterocycles. The molecule has 0 atom stereocenters. The van der Waals surface area contributed by atoms with Gasteiger partial charge in [0.05, 0.1) is 0 Å². The third-order valence-corrected chi connectivity index (χ3v) is 0.728. The number of alkyl halides is 3. The maximum Gasteiger partial charge on any atom is 0.356 e. The molecule has 0 aliphatic heterocycles. The van der Waals surface area contributed by atoms with Crippen molar-refractivity contribution in [2.45, 2.75) is 3.79 Å². The van der Waals surface area contributed by atoms with Gasteiger partial charge in [0.25, 0.3) is 3.79 Å². The van der Waals surface area contributed by atoms with Crippen molar-refractivity contribution < 1.29 is 9.90 Å². The predicted molar refractivity (Wildman–Crippen MR) is 38.3 cm³/mol. The van der Waals surface area contributed by atoms with E-state index in [1.807, 2.05) is 0 Å². The molecule has 1 N–H and O–H groups in total. The minimum Gasteiger partial charge on any atom is -0.478 e. The molecule has 0 rings (SSSR count). The lowest BCUT2D eigenvalue weighted by Gasteiger charge is -1.99. The van der Waals surface area contributed by atoms with Gasteiger partial charge in [-0.1, -0.05) is 34.8 Å². The van der Waals surface area contributed by atoms with Crippen LogP contribution in [-0.2, 0) is 4.79 Å². The molecule has 6 heteroatoms. The lowest BCUT2D eigenvalue weighted by molar-refractivity contribution is -0.135. The van der Waals surface area contributed by atoms with E-state index in [1.54, 1.807) is 0 Å². The monoisotopic (exact) mass is 196 g/mol. The highest BCUT2D eigenvalue weighted by molar-refractivity contribution is 7.59. The third kappa shape index (κ3) is 4.84. The summed E-state index contributed by atoms with van der Waals surface area (Å²) in [5.74, 6) is -1.46. The van der Waals surface area contributed by atoms with Gasteiger partial charge < -0.3 is 5.11 Å². The van der Waals surface area contributed by atoms with E-state index in [9.17, 15) is 4.79 Å². The number of aliphatic carboxylic acids is 1. The minimum absolute atomic E-state index is 0. The zero-order valence-corrected chi connectivity index (χ0v) is 6.76. The number of carboxylic acids is 1. The van der Waals surface area contributed by atoms with Gasteiger partial charge in [-0.05, 0) is 0 Å². The first-order chi connectivity index (χ1) is 2.94. The summed E-state index contributed by atoms with van der Waals surface area (Å²) in [4.78, 5) is 9.62. The maximum absolute atomic E-state index is 9.62. The number of rotatable bonds is 0. The van der Waals surface area contributed by atoms with E-state index in [4.69, 9.17) is 39.9 Å². The molecule has 0 aliphatic rings. The van der Waals surface area contributed by atoms with Gasteiger partial charge in [0.2, 0.25) is 0 Å². The van der Waals surface area contributed by atoms with Gasteiger partial charge in [-0.25, -0.2) is 4.79 Å². The summed E-state index contributed by atoms with van der Waals surface area (Å²) in [5.41, 5.74) is 0. The average molecular weight is 197 g/mol. The first-order valence-corrected chi connectivity index (χ1v) is 2.38. The Hall–Kier alpha value is 0.690. The highest BCUT2D eigenvalue weighted by Gasteiger charge is 2.29. The highest BCUT2D eigenvalue weighted by Crippen LogP contribution is 2.25. The number of hydrogen-bond donors (Lipinski definition) is 1. The number of carboxylic acid groups (broad SMARTS) is 1. The zero-order valence-electron chi connectivity index (χ0n) is 3.49. The summed E-state index contributed by atoms with van der Waals surface area (Å²) in [6.07, 6.45) is 0. The molecule has 8 heavy (non-hydrogen) atoms. The SMILES string of the molecule is O=C(O)C(Cl)(Cl)Cl.S. The largest absolute Gasteiger partial charge is 0.478 e. The predicted octanol–water partition coefficient (Wildman–Crippen LogP) is 1.55. The topological polar surface area (TPSA) is 37.3 Å². The molecule has 0 fully saturated rings. The first-order valence-electron chi connectivity index (χ1n) is 1.24. The molecule has 0 aromatic heterocycles. The summed E-state index contributed by atoms with van der Waals surface area (Å²) in [6.45, 7) is 0. The van der Waals surface area contributed by atoms with Gasteiger partial charge in [-0.15, -0.1) is 0 Å². The zero-order chi connectivity index (χ0) is 6.08. The van der Waals surface area contributed by atoms with Crippen LogP contribution in [0.5, 0.6) is 0 Å². The van der Waals surface area contributed by atoms with Crippen LogP contribution in [0.15, 0.2) is 0 Å². The van der Waals surface area contributed by atoms with Crippen LogP contribution in [-0.4, -0.2) is 14.9 Å². The number of hydrogen-bond acceptors (Lipinski definition) is 1. The van der Waals surface area contributed by atoms with Crippen molar-refractivity contribution in [2.75, 3.05) is 0 Å². The van der Waals surface area contributed by atoms with Crippen LogP contribution in [0.3, 0.4) is 0 Å². The van der Waals surface area contributed by atoms with Crippen molar-refractivity contribution in [3.8, 4) is 0 Å². The Bertz CT molecular complexity index is 87.8. The average Bonchev–Trinajstić information content (AvgIpc) is 1.31. The smallest absolute Gasteiger partial charge is 0.356 e. The summed E-state index contributed by atoms with van der Waals surface area (Å²) >= 11 is 14.4. The Morgan fingerprint density at radius 3 is 1.50 bits per heavy atom. The number of halogens is 3. The van der Waals surface area contributed by atoms with Crippen LogP contribution in [0.25, 0.3) is 0 Å². The molecule has 50 valence electrons. The second kappa shape index (κ2) is 3.67. The van der Waals surface area contributed by atoms with Crippen molar-refractivity contribution in [2.24, 2.45) is 0 Å². The van der Waals surface area contributed by atoms with Crippen LogP contribution in [0, 0.1) is 0 Å². The van der Waals surface area contributed by atoms with Crippen molar-refractivity contribution >= 4 is 54.3 Å². The fourth-order valence-electron chi connectivity index (χ4n) is 0. The minimum atomic E-state index is -2.17. The normalized spacial score (nSPS) is 9.88. The van der Waals surface area contributed by atoms with Gasteiger partial charge in [-0.2, -0.15) is 13.5 Å². The van der Waals surface area contributed by atoms with E-state index >= 15 is 0 Å². The van der Waals surface area contributed by atoms with Crippen LogP contribution in [0.2, 0.25) is 0 Å². The molecule has 2 nitrogen and oxygen atoms in total. The fourth-order valence-corrected chi connectivity index (χ4v) is 0. The lowest BCUT2D eigenvalue weighted by atomic mass is 10.8. The van der Waals surface area contributed by atoms with Crippen LogP contribution in [0.4, 0.5) is 0 Å². The van der Waals surface area contributed by atoms with E-state index in [0.717, 1.165) is 0 Å². The van der Waals surface area contributed by atoms with Gasteiger partial charge in [-0.3, -0.25) is 0 Å². The Morgan fingerprint density at radius 2 is 1.50 bits per heavy atom. The molecule has 0 unspecified atom stereocenters. The van der Waals surface area contributed by atoms with E-state index < -0.39 is 9.76 Å². The fraction of sp³-hybridized carbons (Fsp3) is 0.500. The molecule has 0 aromatic rings. The standard InChI is InChI=1S/C2HCl3O2.H2S/c3-2(4,5)1(6)7;/h(H,6,7);1H2. The van der Waals surface area contributed by atoms with Gasteiger partial charge in [0.15, 0.2) is 0 Å². The van der Waals surface area contributed by atoms with E-state index in [2.05, 4.69) is 0 Å². The first kappa shape index (κ1) is 11.5. The molecular weight excluding hydrogens is 194 g/mol. The number of carbonyl (C=O) groups is 1. The lowest BCUT2D eigenvalue weighted by Crippen LogP contribution is -2.16. The summed E-state index contributed by atoms with van der Waals surface area (Å²) in [7, 11) is 0. The Balaban J connectivity index is 0. The summed E-state index contributed by atoms with van der Waals surface area (Å²) in [6, 6.07) is 0. The van der Waals surface area contributed by atoms with Crippen LogP contribution in [0.1, 0.15) is 0 Å². The Morgan fingerprint density at radius 1 is 1.38 bits per heavy atom. The van der Waals surface area contributed by atoms with Crippen molar-refractivity contribution in [3.63, 3.8) is 0 Å². The quantitative estimate of drug-likeness (QED) is 0.598. The Labute approximate surface area is 68.2 Å². The molecular formula is C2H3Cl3O2S. The molecule has 0 aromatic carbocycles. The molecule has 0 bridgehead atoms. The molecule has 0 amide bonds. The molecule has 0 spiro atoms. The highest BCUT2D eigenvalue weighted by atomic mass is 35.6. The van der Waals surface area contributed by atoms with E-state index in [-0.39, 0.29) is 13.5 Å². The van der Waals surface area contributed by atoms with Crippen LogP contribution >= 0.6 is 48.3 Å². The molecule has 0 radical (unpaired) electrons. The van der Waals surface area contributed by atoms with Crippen molar-refractivity contribution in [3.05, 3.63) is 0 Å². The second-order valence-corrected chi connectivity index (χ2v) is 3.08. The van der Waals surface area contributed by atoms with Gasteiger partial charge >= 0.3 is 5.97 Å². The second-order valence-electron chi connectivity index (χ2n) is 0.803. The van der Waals surface area contributed by atoms with Gasteiger partial charge in [0.1, 0.15) is 0 Å². The molecule has 0 aliphatic carbocycles. The molecule has 0 saturated heterocycles. The van der Waals surface area contributed by atoms with E-state index in [0.29, 0.717) is 0 Å². The summed E-state index contributed by atoms with van der Waals surface area (Å²) < 4.78 is -2.17. The summed E-state index contributed by atoms with van der Waals surface area (Å²) in [5, 5.41) is 7.85.